The fourth-order valence-electron chi connectivity index (χ4n) is 2.81. The molecule has 0 saturated carbocycles. The Labute approximate surface area is 196 Å². The Bertz CT molecular complexity index is 1190. The summed E-state index contributed by atoms with van der Waals surface area (Å²) in [5, 5.41) is 14.0. The highest BCUT2D eigenvalue weighted by atomic mass is 32.2. The summed E-state index contributed by atoms with van der Waals surface area (Å²) in [4.78, 5) is 17.0. The zero-order valence-electron chi connectivity index (χ0n) is 17.1. The minimum absolute atomic E-state index is 0.144. The zero-order chi connectivity index (χ0) is 22.3. The van der Waals surface area contributed by atoms with Crippen LogP contribution in [-0.2, 0) is 17.0 Å². The molecule has 164 valence electrons. The lowest BCUT2D eigenvalue weighted by Gasteiger charge is -2.07. The van der Waals surface area contributed by atoms with Crippen LogP contribution in [0, 0.1) is 5.82 Å². The summed E-state index contributed by atoms with van der Waals surface area (Å²) in [5.74, 6) is 0.963. The molecule has 1 N–H and O–H groups in total. The third-order valence-corrected chi connectivity index (χ3v) is 7.21. The maximum atomic E-state index is 13.0. The molecule has 0 atom stereocenters. The van der Waals surface area contributed by atoms with Crippen molar-refractivity contribution in [2.45, 2.75) is 23.4 Å². The van der Waals surface area contributed by atoms with E-state index in [1.807, 2.05) is 36.6 Å². The van der Waals surface area contributed by atoms with E-state index in [0.717, 1.165) is 26.2 Å². The van der Waals surface area contributed by atoms with Crippen LogP contribution in [0.5, 0.6) is 5.75 Å². The van der Waals surface area contributed by atoms with Crippen molar-refractivity contribution in [1.82, 2.24) is 15.2 Å². The normalized spacial score (nSPS) is 10.8. The molecule has 2 heterocycles. The summed E-state index contributed by atoms with van der Waals surface area (Å²) >= 11 is 4.27. The van der Waals surface area contributed by atoms with Gasteiger partial charge in [-0.05, 0) is 36.8 Å². The third kappa shape index (κ3) is 5.90. The number of hydrogen-bond acceptors (Lipinski definition) is 8. The first-order chi connectivity index (χ1) is 15.6. The SMILES string of the molecule is CCOc1ccccc1-c1nc(CC(=O)Nc2nnc(SCc3ccc(F)cc3)s2)cs1. The Balaban J connectivity index is 1.32. The minimum Gasteiger partial charge on any atom is -0.493 e. The van der Waals surface area contributed by atoms with Gasteiger partial charge in [0.1, 0.15) is 16.6 Å². The van der Waals surface area contributed by atoms with Crippen molar-refractivity contribution in [3.63, 3.8) is 0 Å². The molecule has 0 aliphatic rings. The fourth-order valence-corrected chi connectivity index (χ4v) is 5.38. The monoisotopic (exact) mass is 486 g/mol. The van der Waals surface area contributed by atoms with Crippen LogP contribution in [-0.4, -0.2) is 27.7 Å². The smallest absolute Gasteiger partial charge is 0.232 e. The lowest BCUT2D eigenvalue weighted by atomic mass is 10.2. The number of anilines is 1. The second kappa shape index (κ2) is 10.7. The molecule has 10 heteroatoms. The first kappa shape index (κ1) is 22.4. The van der Waals surface area contributed by atoms with Gasteiger partial charge in [-0.1, -0.05) is 47.4 Å². The molecule has 0 aliphatic carbocycles. The number of nitrogens with zero attached hydrogens (tertiary/aromatic N) is 3. The maximum absolute atomic E-state index is 13.0. The minimum atomic E-state index is -0.259. The molecule has 6 nitrogen and oxygen atoms in total. The second-order valence-corrected chi connectivity index (χ2v) is 9.64. The molecular formula is C22H19FN4O2S3. The number of halogens is 1. The number of nitrogens with one attached hydrogen (secondary N) is 1. The second-order valence-electron chi connectivity index (χ2n) is 6.59. The van der Waals surface area contributed by atoms with Crippen LogP contribution in [0.3, 0.4) is 0 Å². The van der Waals surface area contributed by atoms with Gasteiger partial charge in [0.05, 0.1) is 24.3 Å². The van der Waals surface area contributed by atoms with E-state index in [9.17, 15) is 9.18 Å². The number of amides is 1. The Morgan fingerprint density at radius 2 is 1.97 bits per heavy atom. The third-order valence-electron chi connectivity index (χ3n) is 4.24. The number of aromatic nitrogens is 3. The molecule has 2 aromatic carbocycles. The van der Waals surface area contributed by atoms with Gasteiger partial charge in [0.15, 0.2) is 4.34 Å². The zero-order valence-corrected chi connectivity index (χ0v) is 19.5. The summed E-state index contributed by atoms with van der Waals surface area (Å²) in [7, 11) is 0. The molecule has 32 heavy (non-hydrogen) atoms. The number of thioether (sulfide) groups is 1. The van der Waals surface area contributed by atoms with Crippen molar-refractivity contribution < 1.29 is 13.9 Å². The molecular weight excluding hydrogens is 467 g/mol. The summed E-state index contributed by atoms with van der Waals surface area (Å²) < 4.78 is 19.4. The predicted molar refractivity (Wildman–Crippen MR) is 127 cm³/mol. The van der Waals surface area contributed by atoms with Crippen molar-refractivity contribution in [1.29, 1.82) is 0 Å². The van der Waals surface area contributed by atoms with E-state index in [1.54, 1.807) is 12.1 Å². The molecule has 0 radical (unpaired) electrons. The van der Waals surface area contributed by atoms with Crippen molar-refractivity contribution in [3.05, 3.63) is 71.0 Å². The Kier molecular flexibility index (Phi) is 7.46. The molecule has 0 spiro atoms. The number of benzene rings is 2. The lowest BCUT2D eigenvalue weighted by Crippen LogP contribution is -2.14. The van der Waals surface area contributed by atoms with Crippen LogP contribution in [0.4, 0.5) is 9.52 Å². The van der Waals surface area contributed by atoms with Crippen LogP contribution in [0.1, 0.15) is 18.2 Å². The van der Waals surface area contributed by atoms with E-state index in [1.165, 1.54) is 46.6 Å². The number of carbonyl (C=O) groups excluding carboxylic acids is 1. The van der Waals surface area contributed by atoms with Gasteiger partial charge in [0, 0.05) is 11.1 Å². The van der Waals surface area contributed by atoms with Gasteiger partial charge in [0.2, 0.25) is 11.0 Å². The number of ether oxygens (including phenoxy) is 1. The standard InChI is InChI=1S/C22H19FN4O2S3/c1-2-29-18-6-4-3-5-17(18)20-24-16(13-30-20)11-19(28)25-21-26-27-22(32-21)31-12-14-7-9-15(23)10-8-14/h3-10,13H,2,11-12H2,1H3,(H,25,26,28). The average molecular weight is 487 g/mol. The lowest BCUT2D eigenvalue weighted by molar-refractivity contribution is -0.115. The van der Waals surface area contributed by atoms with Crippen molar-refractivity contribution in [2.24, 2.45) is 0 Å². The van der Waals surface area contributed by atoms with Crippen LogP contribution in [0.2, 0.25) is 0 Å². The highest BCUT2D eigenvalue weighted by Crippen LogP contribution is 2.32. The average Bonchev–Trinajstić information content (AvgIpc) is 3.43. The number of hydrogen-bond donors (Lipinski definition) is 1. The molecule has 0 unspecified atom stereocenters. The van der Waals surface area contributed by atoms with Crippen molar-refractivity contribution >= 4 is 45.5 Å². The van der Waals surface area contributed by atoms with Crippen LogP contribution in [0.25, 0.3) is 10.6 Å². The Morgan fingerprint density at radius 3 is 2.78 bits per heavy atom. The van der Waals surface area contributed by atoms with E-state index in [0.29, 0.717) is 23.2 Å². The Morgan fingerprint density at radius 1 is 1.16 bits per heavy atom. The molecule has 2 aromatic heterocycles. The Hall–Kier alpha value is -2.82. The van der Waals surface area contributed by atoms with E-state index in [-0.39, 0.29) is 18.1 Å². The predicted octanol–water partition coefficient (Wildman–Crippen LogP) is 5.67. The first-order valence-corrected chi connectivity index (χ1v) is 12.5. The van der Waals surface area contributed by atoms with Gasteiger partial charge in [-0.3, -0.25) is 4.79 Å². The molecule has 0 bridgehead atoms. The van der Waals surface area contributed by atoms with Gasteiger partial charge < -0.3 is 10.1 Å². The molecule has 0 saturated heterocycles. The molecule has 1 amide bonds. The first-order valence-electron chi connectivity index (χ1n) is 9.78. The largest absolute Gasteiger partial charge is 0.493 e. The molecule has 0 aliphatic heterocycles. The van der Waals surface area contributed by atoms with E-state index in [4.69, 9.17) is 4.74 Å². The molecule has 0 fully saturated rings. The van der Waals surface area contributed by atoms with Crippen molar-refractivity contribution in [2.75, 3.05) is 11.9 Å². The topological polar surface area (TPSA) is 77.0 Å². The van der Waals surface area contributed by atoms with E-state index < -0.39 is 0 Å². The van der Waals surface area contributed by atoms with Crippen molar-refractivity contribution in [3.8, 4) is 16.3 Å². The van der Waals surface area contributed by atoms with Gasteiger partial charge >= 0.3 is 0 Å². The highest BCUT2D eigenvalue weighted by molar-refractivity contribution is 8.00. The maximum Gasteiger partial charge on any atom is 0.232 e. The number of para-hydroxylation sites is 1. The summed E-state index contributed by atoms with van der Waals surface area (Å²) in [6.45, 7) is 2.51. The number of thiazole rings is 1. The summed E-state index contributed by atoms with van der Waals surface area (Å²) in [5.41, 5.74) is 2.59. The fraction of sp³-hybridized carbons (Fsp3) is 0.182. The van der Waals surface area contributed by atoms with Gasteiger partial charge in [-0.25, -0.2) is 9.37 Å². The van der Waals surface area contributed by atoms with E-state index in [2.05, 4.69) is 20.5 Å². The van der Waals surface area contributed by atoms with Crippen LogP contribution < -0.4 is 10.1 Å². The molecule has 4 rings (SSSR count). The van der Waals surface area contributed by atoms with Crippen LogP contribution >= 0.6 is 34.4 Å². The molecule has 4 aromatic rings. The quantitative estimate of drug-likeness (QED) is 0.243. The van der Waals surface area contributed by atoms with E-state index >= 15 is 0 Å². The number of carbonyl (C=O) groups is 1. The number of rotatable bonds is 9. The van der Waals surface area contributed by atoms with Gasteiger partial charge in [0.25, 0.3) is 0 Å². The highest BCUT2D eigenvalue weighted by Gasteiger charge is 2.14. The summed E-state index contributed by atoms with van der Waals surface area (Å²) in [6.07, 6.45) is 0.144. The summed E-state index contributed by atoms with van der Waals surface area (Å²) in [6, 6.07) is 14.1. The van der Waals surface area contributed by atoms with Gasteiger partial charge in [-0.2, -0.15) is 0 Å². The van der Waals surface area contributed by atoms with Gasteiger partial charge in [-0.15, -0.1) is 21.5 Å². The van der Waals surface area contributed by atoms with Crippen LogP contribution in [0.15, 0.2) is 58.3 Å².